The number of hydrogen-bond acceptors (Lipinski definition) is 2. The molecule has 2 aromatic rings. The Bertz CT molecular complexity index is 702. The molecule has 0 heterocycles. The molecule has 0 unspecified atom stereocenters. The molecule has 8 heteroatoms. The highest BCUT2D eigenvalue weighted by molar-refractivity contribution is 9.10. The zero-order valence-corrected chi connectivity index (χ0v) is 13.0. The molecule has 0 aliphatic heterocycles. The molecule has 2 rings (SSSR count). The molecule has 0 atom stereocenters. The third-order valence-electron chi connectivity index (χ3n) is 2.76. The SMILES string of the molecule is O=C(COc1ccc(C(F)(F)F)cc1)Nc1ccc(F)cc1Br. The van der Waals surface area contributed by atoms with Crippen molar-refractivity contribution in [3.05, 3.63) is 58.3 Å². The topological polar surface area (TPSA) is 38.3 Å². The van der Waals surface area contributed by atoms with Crippen LogP contribution in [0.2, 0.25) is 0 Å². The number of nitrogens with one attached hydrogen (secondary N) is 1. The van der Waals surface area contributed by atoms with Gasteiger partial charge >= 0.3 is 6.18 Å². The molecule has 0 saturated carbocycles. The molecule has 122 valence electrons. The fourth-order valence-corrected chi connectivity index (χ4v) is 2.12. The molecule has 0 saturated heterocycles. The predicted octanol–water partition coefficient (Wildman–Crippen LogP) is 4.62. The highest BCUT2D eigenvalue weighted by atomic mass is 79.9. The van der Waals surface area contributed by atoms with E-state index in [-0.39, 0.29) is 5.75 Å². The number of hydrogen-bond donors (Lipinski definition) is 1. The van der Waals surface area contributed by atoms with Gasteiger partial charge in [-0.1, -0.05) is 0 Å². The van der Waals surface area contributed by atoms with Gasteiger partial charge in [-0.2, -0.15) is 13.2 Å². The van der Waals surface area contributed by atoms with Crippen molar-refractivity contribution in [2.75, 3.05) is 11.9 Å². The average Bonchev–Trinajstić information content (AvgIpc) is 2.47. The second-order valence-corrected chi connectivity index (χ2v) is 5.34. The molecule has 0 aromatic heterocycles. The maximum atomic E-state index is 12.9. The fraction of sp³-hybridized carbons (Fsp3) is 0.133. The van der Waals surface area contributed by atoms with Gasteiger partial charge < -0.3 is 10.1 Å². The minimum absolute atomic E-state index is 0.131. The highest BCUT2D eigenvalue weighted by Gasteiger charge is 2.30. The van der Waals surface area contributed by atoms with Crippen molar-refractivity contribution >= 4 is 27.5 Å². The molecule has 0 aliphatic rings. The van der Waals surface area contributed by atoms with E-state index in [4.69, 9.17) is 4.74 Å². The minimum atomic E-state index is -4.43. The zero-order chi connectivity index (χ0) is 17.0. The standard InChI is InChI=1S/C15H10BrF4NO2/c16-12-7-10(17)3-6-13(12)21-14(22)8-23-11-4-1-9(2-5-11)15(18,19)20/h1-7H,8H2,(H,21,22). The van der Waals surface area contributed by atoms with Crippen molar-refractivity contribution in [1.29, 1.82) is 0 Å². The number of carbonyl (C=O) groups excluding carboxylic acids is 1. The van der Waals surface area contributed by atoms with E-state index in [1.807, 2.05) is 0 Å². The van der Waals surface area contributed by atoms with Crippen LogP contribution in [-0.2, 0) is 11.0 Å². The number of rotatable bonds is 4. The third kappa shape index (κ3) is 4.95. The maximum Gasteiger partial charge on any atom is 0.416 e. The minimum Gasteiger partial charge on any atom is -0.484 e. The summed E-state index contributed by atoms with van der Waals surface area (Å²) in [5.41, 5.74) is -0.447. The first-order valence-corrected chi connectivity index (χ1v) is 7.10. The molecule has 23 heavy (non-hydrogen) atoms. The lowest BCUT2D eigenvalue weighted by atomic mass is 10.2. The number of ether oxygens (including phenoxy) is 1. The van der Waals surface area contributed by atoms with E-state index in [0.29, 0.717) is 10.2 Å². The summed E-state index contributed by atoms with van der Waals surface area (Å²) in [5.74, 6) is -0.862. The summed E-state index contributed by atoms with van der Waals surface area (Å²) in [6.07, 6.45) is -4.43. The number of alkyl halides is 3. The summed E-state index contributed by atoms with van der Waals surface area (Å²) in [7, 11) is 0. The third-order valence-corrected chi connectivity index (χ3v) is 3.41. The van der Waals surface area contributed by atoms with Crippen LogP contribution < -0.4 is 10.1 Å². The fourth-order valence-electron chi connectivity index (χ4n) is 1.67. The van der Waals surface area contributed by atoms with Gasteiger partial charge in [0, 0.05) is 4.47 Å². The van der Waals surface area contributed by atoms with Gasteiger partial charge in [0.2, 0.25) is 0 Å². The second kappa shape index (κ2) is 6.99. The van der Waals surface area contributed by atoms with E-state index < -0.39 is 30.1 Å². The van der Waals surface area contributed by atoms with Crippen LogP contribution >= 0.6 is 15.9 Å². The van der Waals surface area contributed by atoms with Crippen LogP contribution in [0.1, 0.15) is 5.56 Å². The largest absolute Gasteiger partial charge is 0.484 e. The Balaban J connectivity index is 1.91. The van der Waals surface area contributed by atoms with Gasteiger partial charge in [-0.15, -0.1) is 0 Å². The number of amides is 1. The van der Waals surface area contributed by atoms with Crippen LogP contribution in [0.3, 0.4) is 0 Å². The van der Waals surface area contributed by atoms with Gasteiger partial charge in [-0.25, -0.2) is 4.39 Å². The molecule has 1 N–H and O–H groups in total. The van der Waals surface area contributed by atoms with E-state index in [2.05, 4.69) is 21.2 Å². The second-order valence-electron chi connectivity index (χ2n) is 4.48. The van der Waals surface area contributed by atoms with Gasteiger partial charge in [0.25, 0.3) is 5.91 Å². The number of anilines is 1. The summed E-state index contributed by atoms with van der Waals surface area (Å²) in [6.45, 7) is -0.394. The molecule has 0 spiro atoms. The lowest BCUT2D eigenvalue weighted by Crippen LogP contribution is -2.20. The van der Waals surface area contributed by atoms with Gasteiger partial charge in [0.1, 0.15) is 11.6 Å². The van der Waals surface area contributed by atoms with Gasteiger partial charge in [0.05, 0.1) is 11.3 Å². The van der Waals surface area contributed by atoms with Crippen molar-refractivity contribution in [1.82, 2.24) is 0 Å². The first-order valence-electron chi connectivity index (χ1n) is 6.30. The van der Waals surface area contributed by atoms with Crippen molar-refractivity contribution in [3.63, 3.8) is 0 Å². The quantitative estimate of drug-likeness (QED) is 0.771. The number of benzene rings is 2. The van der Waals surface area contributed by atoms with Crippen molar-refractivity contribution in [2.45, 2.75) is 6.18 Å². The van der Waals surface area contributed by atoms with Crippen molar-refractivity contribution in [2.24, 2.45) is 0 Å². The molecule has 2 aromatic carbocycles. The predicted molar refractivity (Wildman–Crippen MR) is 79.7 cm³/mol. The molecule has 3 nitrogen and oxygen atoms in total. The van der Waals surface area contributed by atoms with Crippen LogP contribution in [0, 0.1) is 5.82 Å². The number of carbonyl (C=O) groups is 1. The summed E-state index contributed by atoms with van der Waals surface area (Å²) >= 11 is 3.10. The first kappa shape index (κ1) is 17.3. The van der Waals surface area contributed by atoms with Gasteiger partial charge in [0.15, 0.2) is 6.61 Å². The molecule has 0 aliphatic carbocycles. The van der Waals surface area contributed by atoms with E-state index in [9.17, 15) is 22.4 Å². The highest BCUT2D eigenvalue weighted by Crippen LogP contribution is 2.30. The molecular weight excluding hydrogens is 382 g/mol. The normalized spacial score (nSPS) is 11.2. The van der Waals surface area contributed by atoms with Crippen molar-refractivity contribution in [3.8, 4) is 5.75 Å². The zero-order valence-electron chi connectivity index (χ0n) is 11.5. The van der Waals surface area contributed by atoms with Gasteiger partial charge in [-0.3, -0.25) is 4.79 Å². The Hall–Kier alpha value is -2.09. The van der Waals surface area contributed by atoms with E-state index in [1.54, 1.807) is 0 Å². The van der Waals surface area contributed by atoms with Crippen molar-refractivity contribution < 1.29 is 27.1 Å². The Morgan fingerprint density at radius 3 is 2.35 bits per heavy atom. The molecule has 0 fully saturated rings. The molecular formula is C15H10BrF4NO2. The maximum absolute atomic E-state index is 12.9. The summed E-state index contributed by atoms with van der Waals surface area (Å²) in [4.78, 5) is 11.7. The van der Waals surface area contributed by atoms with E-state index in [0.717, 1.165) is 24.3 Å². The summed E-state index contributed by atoms with van der Waals surface area (Å²) < 4.78 is 55.6. The summed E-state index contributed by atoms with van der Waals surface area (Å²) in [5, 5.41) is 2.49. The van der Waals surface area contributed by atoms with E-state index in [1.165, 1.54) is 18.2 Å². The molecule has 1 amide bonds. The first-order chi connectivity index (χ1) is 10.8. The Labute approximate surface area is 137 Å². The van der Waals surface area contributed by atoms with Crippen LogP contribution in [0.25, 0.3) is 0 Å². The Kier molecular flexibility index (Phi) is 5.25. The molecule has 0 radical (unpaired) electrons. The molecule has 0 bridgehead atoms. The Morgan fingerprint density at radius 2 is 1.78 bits per heavy atom. The number of halogens is 5. The van der Waals surface area contributed by atoms with Gasteiger partial charge in [-0.05, 0) is 58.4 Å². The smallest absolute Gasteiger partial charge is 0.416 e. The van der Waals surface area contributed by atoms with Crippen LogP contribution in [0.15, 0.2) is 46.9 Å². The van der Waals surface area contributed by atoms with Crippen LogP contribution in [0.4, 0.5) is 23.2 Å². The van der Waals surface area contributed by atoms with E-state index >= 15 is 0 Å². The van der Waals surface area contributed by atoms with Crippen LogP contribution in [0.5, 0.6) is 5.75 Å². The van der Waals surface area contributed by atoms with Crippen LogP contribution in [-0.4, -0.2) is 12.5 Å². The monoisotopic (exact) mass is 391 g/mol. The average molecular weight is 392 g/mol. The summed E-state index contributed by atoms with van der Waals surface area (Å²) in [6, 6.07) is 7.72. The lowest BCUT2D eigenvalue weighted by Gasteiger charge is -2.10. The lowest BCUT2D eigenvalue weighted by molar-refractivity contribution is -0.137. The Morgan fingerprint density at radius 1 is 1.13 bits per heavy atom.